The number of rotatable bonds is 2. The molecule has 1 heterocycles. The van der Waals surface area contributed by atoms with Crippen molar-refractivity contribution in [2.45, 2.75) is 27.3 Å². The summed E-state index contributed by atoms with van der Waals surface area (Å²) in [5.41, 5.74) is 2.71. The van der Waals surface area contributed by atoms with E-state index in [0.29, 0.717) is 0 Å². The smallest absolute Gasteiger partial charge is 0.243 e. The van der Waals surface area contributed by atoms with Crippen molar-refractivity contribution in [1.29, 1.82) is 0 Å². The highest BCUT2D eigenvalue weighted by atomic mass is 32.3. The van der Waals surface area contributed by atoms with Crippen molar-refractivity contribution in [3.63, 3.8) is 0 Å². The standard InChI is InChI=1S/C8H15N2.CH4O4S/c1-5-10-6-9(4)7(2)8(10)3;1-5-6(2,3)4/h6H,5H2,1-4H3;1H3,(H,2,3,4)/q+1;/p-1. The largest absolute Gasteiger partial charge is 0.726 e. The van der Waals surface area contributed by atoms with Crippen LogP contribution in [-0.4, -0.2) is 24.6 Å². The van der Waals surface area contributed by atoms with Crippen molar-refractivity contribution < 1.29 is 21.7 Å². The molecule has 16 heavy (non-hydrogen) atoms. The first-order valence-corrected chi connectivity index (χ1v) is 6.09. The van der Waals surface area contributed by atoms with Gasteiger partial charge in [0.1, 0.15) is 11.4 Å². The van der Waals surface area contributed by atoms with Crippen LogP contribution in [0.2, 0.25) is 0 Å². The third-order valence-corrected chi connectivity index (χ3v) is 2.75. The minimum Gasteiger partial charge on any atom is -0.726 e. The van der Waals surface area contributed by atoms with E-state index in [-0.39, 0.29) is 0 Å². The number of aryl methyl sites for hydroxylation is 2. The molecule has 1 aromatic heterocycles. The molecule has 0 spiro atoms. The van der Waals surface area contributed by atoms with Gasteiger partial charge in [0, 0.05) is 13.8 Å². The molecule has 0 saturated heterocycles. The van der Waals surface area contributed by atoms with Gasteiger partial charge in [0.25, 0.3) is 0 Å². The van der Waals surface area contributed by atoms with Crippen LogP contribution in [-0.2, 0) is 28.2 Å². The molecule has 0 aliphatic rings. The second kappa shape index (κ2) is 5.97. The molecule has 0 aliphatic heterocycles. The van der Waals surface area contributed by atoms with Gasteiger partial charge in [0.2, 0.25) is 16.7 Å². The predicted octanol–water partition coefficient (Wildman–Crippen LogP) is 0.0423. The fraction of sp³-hybridized carbons (Fsp3) is 0.667. The van der Waals surface area contributed by atoms with E-state index in [0.717, 1.165) is 13.7 Å². The van der Waals surface area contributed by atoms with Gasteiger partial charge in [-0.1, -0.05) is 0 Å². The first-order chi connectivity index (χ1) is 7.22. The third-order valence-electron chi connectivity index (χ3n) is 2.34. The molecule has 0 aromatic carbocycles. The molecular weight excluding hydrogens is 232 g/mol. The summed E-state index contributed by atoms with van der Waals surface area (Å²) in [7, 11) is -1.53. The van der Waals surface area contributed by atoms with Crippen molar-refractivity contribution in [3.8, 4) is 0 Å². The summed E-state index contributed by atoms with van der Waals surface area (Å²) in [6.45, 7) is 7.51. The Bertz CT molecular complexity index is 437. The Balaban J connectivity index is 0.000000325. The van der Waals surface area contributed by atoms with Gasteiger partial charge in [0.05, 0.1) is 20.7 Å². The maximum absolute atomic E-state index is 9.22. The van der Waals surface area contributed by atoms with Crippen LogP contribution in [0.4, 0.5) is 0 Å². The van der Waals surface area contributed by atoms with E-state index < -0.39 is 10.4 Å². The van der Waals surface area contributed by atoms with Crippen molar-refractivity contribution in [2.24, 2.45) is 7.05 Å². The van der Waals surface area contributed by atoms with E-state index in [2.05, 4.69) is 47.5 Å². The molecule has 0 fully saturated rings. The summed E-state index contributed by atoms with van der Waals surface area (Å²) < 4.78 is 35.4. The van der Waals surface area contributed by atoms with Gasteiger partial charge < -0.3 is 4.55 Å². The summed E-state index contributed by atoms with van der Waals surface area (Å²) >= 11 is 0. The lowest BCUT2D eigenvalue weighted by atomic mass is 10.4. The normalized spacial score (nSPS) is 10.9. The molecule has 0 saturated carbocycles. The molecule has 0 amide bonds. The van der Waals surface area contributed by atoms with Crippen LogP contribution in [0.25, 0.3) is 0 Å². The summed E-state index contributed by atoms with van der Waals surface area (Å²) in [5.74, 6) is 0. The first kappa shape index (κ1) is 15.1. The van der Waals surface area contributed by atoms with Crippen molar-refractivity contribution in [3.05, 3.63) is 17.7 Å². The molecule has 0 aliphatic carbocycles. The van der Waals surface area contributed by atoms with E-state index in [1.807, 2.05) is 0 Å². The van der Waals surface area contributed by atoms with Gasteiger partial charge in [-0.15, -0.1) is 0 Å². The van der Waals surface area contributed by atoms with E-state index in [9.17, 15) is 13.0 Å². The van der Waals surface area contributed by atoms with Gasteiger partial charge >= 0.3 is 0 Å². The van der Waals surface area contributed by atoms with E-state index in [1.54, 1.807) is 0 Å². The van der Waals surface area contributed by atoms with Gasteiger partial charge in [-0.05, 0) is 6.92 Å². The van der Waals surface area contributed by atoms with Crippen molar-refractivity contribution >= 4 is 10.4 Å². The Labute approximate surface area is 96.4 Å². The number of hydrogen-bond acceptors (Lipinski definition) is 4. The number of aromatic nitrogens is 2. The zero-order valence-electron chi connectivity index (χ0n) is 10.2. The molecule has 7 heteroatoms. The van der Waals surface area contributed by atoms with E-state index in [4.69, 9.17) is 0 Å². The zero-order valence-corrected chi connectivity index (χ0v) is 11.0. The third kappa shape index (κ3) is 4.73. The Morgan fingerprint density at radius 1 is 1.50 bits per heavy atom. The van der Waals surface area contributed by atoms with Crippen LogP contribution < -0.4 is 4.57 Å². The SMILES string of the molecule is CC[n+]1cn(C)c(C)c1C.COS(=O)(=O)[O-]. The van der Waals surface area contributed by atoms with E-state index >= 15 is 0 Å². The summed E-state index contributed by atoms with van der Waals surface area (Å²) in [5, 5.41) is 0. The van der Waals surface area contributed by atoms with Crippen LogP contribution in [0.15, 0.2) is 6.33 Å². The van der Waals surface area contributed by atoms with Gasteiger partial charge in [-0.2, -0.15) is 0 Å². The van der Waals surface area contributed by atoms with Crippen LogP contribution in [0.5, 0.6) is 0 Å². The van der Waals surface area contributed by atoms with Gasteiger partial charge in [-0.25, -0.2) is 17.6 Å². The minimum absolute atomic E-state index is 0.808. The second-order valence-electron chi connectivity index (χ2n) is 3.26. The Hall–Kier alpha value is -0.920. The molecule has 0 radical (unpaired) electrons. The molecular formula is C9H18N2O4S. The quantitative estimate of drug-likeness (QED) is 0.422. The molecule has 0 bridgehead atoms. The van der Waals surface area contributed by atoms with Crippen LogP contribution in [0.3, 0.4) is 0 Å². The summed E-state index contributed by atoms with van der Waals surface area (Å²) in [6, 6.07) is 0. The molecule has 6 nitrogen and oxygen atoms in total. The van der Waals surface area contributed by atoms with Crippen molar-refractivity contribution in [1.82, 2.24) is 4.57 Å². The van der Waals surface area contributed by atoms with E-state index in [1.165, 1.54) is 11.4 Å². The van der Waals surface area contributed by atoms with Crippen molar-refractivity contribution in [2.75, 3.05) is 7.11 Å². The highest BCUT2D eigenvalue weighted by Crippen LogP contribution is 1.98. The molecule has 0 atom stereocenters. The first-order valence-electron chi connectivity index (χ1n) is 4.76. The highest BCUT2D eigenvalue weighted by molar-refractivity contribution is 7.80. The summed E-state index contributed by atoms with van der Waals surface area (Å²) in [6.07, 6.45) is 2.13. The Morgan fingerprint density at radius 3 is 2.06 bits per heavy atom. The predicted molar refractivity (Wildman–Crippen MR) is 57.5 cm³/mol. The average Bonchev–Trinajstić information content (AvgIpc) is 2.45. The molecule has 1 rings (SSSR count). The lowest BCUT2D eigenvalue weighted by molar-refractivity contribution is -0.698. The molecule has 0 N–H and O–H groups in total. The fourth-order valence-electron chi connectivity index (χ4n) is 1.16. The minimum atomic E-state index is -4.41. The lowest BCUT2D eigenvalue weighted by Gasteiger charge is -1.98. The Kier molecular flexibility index (Phi) is 5.63. The van der Waals surface area contributed by atoms with Crippen LogP contribution in [0, 0.1) is 13.8 Å². The maximum atomic E-state index is 9.22. The van der Waals surface area contributed by atoms with Gasteiger partial charge in [-0.3, -0.25) is 4.18 Å². The zero-order chi connectivity index (χ0) is 12.9. The van der Waals surface area contributed by atoms with Crippen LogP contribution >= 0.6 is 0 Å². The highest BCUT2D eigenvalue weighted by Gasteiger charge is 2.09. The summed E-state index contributed by atoms with van der Waals surface area (Å²) in [4.78, 5) is 0. The lowest BCUT2D eigenvalue weighted by Crippen LogP contribution is -2.32. The Morgan fingerprint density at radius 2 is 1.94 bits per heavy atom. The molecule has 1 aromatic rings. The number of hydrogen-bond donors (Lipinski definition) is 0. The monoisotopic (exact) mass is 250 g/mol. The molecule has 0 unspecified atom stereocenters. The topological polar surface area (TPSA) is 75.2 Å². The fourth-order valence-corrected chi connectivity index (χ4v) is 1.16. The number of nitrogens with zero attached hydrogens (tertiary/aromatic N) is 2. The van der Waals surface area contributed by atoms with Crippen LogP contribution in [0.1, 0.15) is 18.3 Å². The maximum Gasteiger partial charge on any atom is 0.243 e. The molecule has 94 valence electrons. The van der Waals surface area contributed by atoms with Gasteiger partial charge in [0.15, 0.2) is 0 Å². The second-order valence-corrected chi connectivity index (χ2v) is 4.41. The number of imidazole rings is 1. The average molecular weight is 250 g/mol.